The second-order valence-corrected chi connectivity index (χ2v) is 5.41. The molecule has 0 saturated carbocycles. The first kappa shape index (κ1) is 12.6. The van der Waals surface area contributed by atoms with Gasteiger partial charge in [0.25, 0.3) is 0 Å². The molecular weight excluding hydrogens is 334 g/mol. The average molecular weight is 341 g/mol. The van der Waals surface area contributed by atoms with E-state index in [-0.39, 0.29) is 10.0 Å². The highest BCUT2D eigenvalue weighted by Gasteiger charge is 2.23. The van der Waals surface area contributed by atoms with Crippen LogP contribution in [0.4, 0.5) is 8.78 Å². The quantitative estimate of drug-likeness (QED) is 0.599. The fourth-order valence-corrected chi connectivity index (χ4v) is 3.14. The van der Waals surface area contributed by atoms with Gasteiger partial charge in [0.15, 0.2) is 11.6 Å². The first-order chi connectivity index (χ1) is 9.11. The highest BCUT2D eigenvalue weighted by Crippen LogP contribution is 2.38. The normalized spacial score (nSPS) is 11.2. The molecule has 19 heavy (non-hydrogen) atoms. The Morgan fingerprint density at radius 2 is 1.74 bits per heavy atom. The number of halogens is 3. The Labute approximate surface area is 120 Å². The van der Waals surface area contributed by atoms with Crippen LogP contribution in [0.3, 0.4) is 0 Å². The van der Waals surface area contributed by atoms with E-state index in [4.69, 9.17) is 0 Å². The first-order valence-corrected chi connectivity index (χ1v) is 6.98. The Morgan fingerprint density at radius 3 is 2.47 bits per heavy atom. The summed E-state index contributed by atoms with van der Waals surface area (Å²) >= 11 is 3.96. The molecule has 2 nitrogen and oxygen atoms in total. The van der Waals surface area contributed by atoms with Crippen LogP contribution in [0.15, 0.2) is 28.7 Å². The van der Waals surface area contributed by atoms with E-state index in [1.54, 1.807) is 12.1 Å². The Kier molecular flexibility index (Phi) is 3.06. The van der Waals surface area contributed by atoms with Crippen molar-refractivity contribution in [2.24, 2.45) is 0 Å². The van der Waals surface area contributed by atoms with Crippen LogP contribution in [0.5, 0.6) is 0 Å². The lowest BCUT2D eigenvalue weighted by Crippen LogP contribution is -1.95. The minimum atomic E-state index is -0.932. The van der Waals surface area contributed by atoms with Crippen molar-refractivity contribution in [1.29, 1.82) is 0 Å². The van der Waals surface area contributed by atoms with E-state index in [0.717, 1.165) is 17.3 Å². The van der Waals surface area contributed by atoms with Crippen molar-refractivity contribution in [1.82, 2.24) is 8.75 Å². The van der Waals surface area contributed by atoms with Crippen molar-refractivity contribution in [2.45, 2.75) is 6.92 Å². The van der Waals surface area contributed by atoms with E-state index in [1.165, 1.54) is 0 Å². The van der Waals surface area contributed by atoms with Gasteiger partial charge >= 0.3 is 0 Å². The molecule has 0 amide bonds. The monoisotopic (exact) mass is 340 g/mol. The minimum absolute atomic E-state index is 0.0195. The number of nitrogens with zero attached hydrogens (tertiary/aromatic N) is 2. The molecule has 0 aliphatic heterocycles. The minimum Gasteiger partial charge on any atom is -0.203 e. The predicted molar refractivity (Wildman–Crippen MR) is 75.2 cm³/mol. The molecule has 0 unspecified atom stereocenters. The number of fused-ring (bicyclic) bond motifs is 1. The number of hydrogen-bond donors (Lipinski definition) is 0. The summed E-state index contributed by atoms with van der Waals surface area (Å²) in [6, 6.07) is 7.23. The maximum atomic E-state index is 14.3. The molecule has 0 spiro atoms. The second kappa shape index (κ2) is 4.61. The highest BCUT2D eigenvalue weighted by molar-refractivity contribution is 9.10. The van der Waals surface area contributed by atoms with E-state index in [2.05, 4.69) is 24.7 Å². The van der Waals surface area contributed by atoms with Gasteiger partial charge in [-0.15, -0.1) is 0 Å². The van der Waals surface area contributed by atoms with Gasteiger partial charge in [-0.2, -0.15) is 8.75 Å². The summed E-state index contributed by atoms with van der Waals surface area (Å²) in [6.07, 6.45) is 0. The Hall–Kier alpha value is -1.40. The lowest BCUT2D eigenvalue weighted by atomic mass is 9.98. The van der Waals surface area contributed by atoms with Crippen LogP contribution in [-0.2, 0) is 0 Å². The van der Waals surface area contributed by atoms with Gasteiger partial charge in [0, 0.05) is 5.56 Å². The Morgan fingerprint density at radius 1 is 1.05 bits per heavy atom. The van der Waals surface area contributed by atoms with Crippen molar-refractivity contribution in [3.8, 4) is 11.1 Å². The number of rotatable bonds is 1. The molecule has 2 aromatic carbocycles. The van der Waals surface area contributed by atoms with Gasteiger partial charge in [-0.25, -0.2) is 8.78 Å². The number of hydrogen-bond acceptors (Lipinski definition) is 3. The van der Waals surface area contributed by atoms with Gasteiger partial charge < -0.3 is 0 Å². The van der Waals surface area contributed by atoms with Crippen molar-refractivity contribution < 1.29 is 8.78 Å². The van der Waals surface area contributed by atoms with Gasteiger partial charge in [-0.1, -0.05) is 24.3 Å². The summed E-state index contributed by atoms with van der Waals surface area (Å²) in [4.78, 5) is 0. The highest BCUT2D eigenvalue weighted by atomic mass is 79.9. The van der Waals surface area contributed by atoms with Crippen LogP contribution in [-0.4, -0.2) is 8.75 Å². The third-order valence-electron chi connectivity index (χ3n) is 2.95. The lowest BCUT2D eigenvalue weighted by Gasteiger charge is -2.09. The fraction of sp³-hybridized carbons (Fsp3) is 0.0769. The zero-order valence-electron chi connectivity index (χ0n) is 9.75. The molecule has 1 heterocycles. The van der Waals surface area contributed by atoms with Gasteiger partial charge in [-0.3, -0.25) is 0 Å². The van der Waals surface area contributed by atoms with E-state index < -0.39 is 11.6 Å². The molecular formula is C13H7BrF2N2S. The van der Waals surface area contributed by atoms with Crippen LogP contribution in [0.25, 0.3) is 22.2 Å². The van der Waals surface area contributed by atoms with Crippen LogP contribution in [0.2, 0.25) is 0 Å². The van der Waals surface area contributed by atoms with Gasteiger partial charge in [0.05, 0.1) is 16.2 Å². The van der Waals surface area contributed by atoms with Crippen molar-refractivity contribution in [3.63, 3.8) is 0 Å². The number of aryl methyl sites for hydroxylation is 1. The summed E-state index contributed by atoms with van der Waals surface area (Å²) < 4.78 is 36.3. The molecule has 6 heteroatoms. The van der Waals surface area contributed by atoms with E-state index in [1.807, 2.05) is 19.1 Å². The van der Waals surface area contributed by atoms with Crippen LogP contribution in [0.1, 0.15) is 5.56 Å². The lowest BCUT2D eigenvalue weighted by molar-refractivity contribution is 0.509. The summed E-state index contributed by atoms with van der Waals surface area (Å²) in [5.74, 6) is -1.83. The molecule has 1 aromatic heterocycles. The zero-order chi connectivity index (χ0) is 13.6. The summed E-state index contributed by atoms with van der Waals surface area (Å²) in [5, 5.41) is 0. The standard InChI is InChI=1S/C13H7BrF2N2S/c1-6-4-2-3-5-7(6)8-10(15)11(16)9(14)13-12(8)17-19-18-13/h2-5H,1H3. The maximum absolute atomic E-state index is 14.3. The Bertz CT molecular complexity index is 786. The zero-order valence-corrected chi connectivity index (χ0v) is 12.1. The van der Waals surface area contributed by atoms with Gasteiger partial charge in [0.1, 0.15) is 11.0 Å². The van der Waals surface area contributed by atoms with Crippen LogP contribution in [0, 0.1) is 18.6 Å². The van der Waals surface area contributed by atoms with Gasteiger partial charge in [0.2, 0.25) is 0 Å². The molecule has 0 N–H and O–H groups in total. The SMILES string of the molecule is Cc1ccccc1-c1c(F)c(F)c(Br)c2nsnc12. The molecule has 3 aromatic rings. The molecule has 0 bridgehead atoms. The van der Waals surface area contributed by atoms with E-state index >= 15 is 0 Å². The topological polar surface area (TPSA) is 25.8 Å². The van der Waals surface area contributed by atoms with Crippen LogP contribution >= 0.6 is 27.7 Å². The summed E-state index contributed by atoms with van der Waals surface area (Å²) in [6.45, 7) is 1.85. The molecule has 0 radical (unpaired) electrons. The number of benzene rings is 2. The third-order valence-corrected chi connectivity index (χ3v) is 4.20. The van der Waals surface area contributed by atoms with Crippen molar-refractivity contribution in [3.05, 3.63) is 45.9 Å². The molecule has 0 saturated heterocycles. The van der Waals surface area contributed by atoms with Gasteiger partial charge in [-0.05, 0) is 34.0 Å². The predicted octanol–water partition coefficient (Wildman–Crippen LogP) is 4.71. The second-order valence-electron chi connectivity index (χ2n) is 4.09. The molecule has 96 valence electrons. The first-order valence-electron chi connectivity index (χ1n) is 5.46. The summed E-state index contributed by atoms with van der Waals surface area (Å²) in [5.41, 5.74) is 2.39. The largest absolute Gasteiger partial charge is 0.203 e. The van der Waals surface area contributed by atoms with E-state index in [0.29, 0.717) is 16.6 Å². The molecule has 0 fully saturated rings. The Balaban J connectivity index is 2.48. The smallest absolute Gasteiger partial charge is 0.176 e. The fourth-order valence-electron chi connectivity index (χ4n) is 2.01. The van der Waals surface area contributed by atoms with Crippen molar-refractivity contribution >= 4 is 38.7 Å². The average Bonchev–Trinajstić information content (AvgIpc) is 2.87. The van der Waals surface area contributed by atoms with Crippen molar-refractivity contribution in [2.75, 3.05) is 0 Å². The summed E-state index contributed by atoms with van der Waals surface area (Å²) in [7, 11) is 0. The maximum Gasteiger partial charge on any atom is 0.176 e. The molecule has 0 atom stereocenters. The van der Waals surface area contributed by atoms with E-state index in [9.17, 15) is 8.78 Å². The molecule has 3 rings (SSSR count). The third kappa shape index (κ3) is 1.86. The molecule has 0 aliphatic rings. The number of aromatic nitrogens is 2. The van der Waals surface area contributed by atoms with Crippen LogP contribution < -0.4 is 0 Å². The molecule has 0 aliphatic carbocycles.